The zero-order valence-electron chi connectivity index (χ0n) is 17.8. The molecule has 1 saturated heterocycles. The number of amides is 3. The van der Waals surface area contributed by atoms with Gasteiger partial charge >= 0.3 is 0 Å². The summed E-state index contributed by atoms with van der Waals surface area (Å²) in [6.07, 6.45) is 0.386. The van der Waals surface area contributed by atoms with E-state index in [2.05, 4.69) is 10.0 Å². The van der Waals surface area contributed by atoms with Crippen LogP contribution in [-0.4, -0.2) is 37.1 Å². The number of nitrogens with one attached hydrogen (secondary N) is 2. The summed E-state index contributed by atoms with van der Waals surface area (Å²) in [7, 11) is -3.97. The fourth-order valence-corrected chi connectivity index (χ4v) is 6.14. The Kier molecular flexibility index (Phi) is 4.93. The molecule has 0 saturated carbocycles. The van der Waals surface area contributed by atoms with Gasteiger partial charge in [0.1, 0.15) is 6.04 Å². The maximum atomic E-state index is 13.5. The van der Waals surface area contributed by atoms with Gasteiger partial charge in [0.15, 0.2) is 0 Å². The average Bonchev–Trinajstić information content (AvgIpc) is 3.10. The molecule has 0 spiro atoms. The molecule has 168 valence electrons. The Morgan fingerprint density at radius 2 is 1.79 bits per heavy atom. The third-order valence-electron chi connectivity index (χ3n) is 6.17. The predicted octanol–water partition coefficient (Wildman–Crippen LogP) is 2.71. The second-order valence-electron chi connectivity index (χ2n) is 8.27. The van der Waals surface area contributed by atoms with Crippen molar-refractivity contribution in [1.29, 1.82) is 0 Å². The Morgan fingerprint density at radius 1 is 1.00 bits per heavy atom. The van der Waals surface area contributed by atoms with Gasteiger partial charge in [0.05, 0.1) is 10.6 Å². The van der Waals surface area contributed by atoms with Crippen LogP contribution < -0.4 is 10.0 Å². The molecule has 2 N–H and O–H groups in total. The van der Waals surface area contributed by atoms with Crippen molar-refractivity contribution >= 4 is 44.2 Å². The van der Waals surface area contributed by atoms with Crippen LogP contribution in [0.25, 0.3) is 10.8 Å². The number of hydrogen-bond donors (Lipinski definition) is 2. The minimum Gasteiger partial charge on any atom is -0.322 e. The standard InChI is InChI=1S/C24H21N3O5S/c1-14-9-10-15-5-2-3-6-16(15)22(14)33(31,32)26-19-8-4-7-17-18(19)13-27(24(17)30)20-11-12-21(28)25-23(20)29/h2-10,20,26H,11-13H2,1H3,(H,25,28,29). The summed E-state index contributed by atoms with van der Waals surface area (Å²) in [6.45, 7) is 1.82. The fraction of sp³-hybridized carbons (Fsp3) is 0.208. The van der Waals surface area contributed by atoms with Crippen molar-refractivity contribution in [3.05, 3.63) is 71.3 Å². The monoisotopic (exact) mass is 463 g/mol. The van der Waals surface area contributed by atoms with Gasteiger partial charge in [-0.25, -0.2) is 8.42 Å². The molecule has 1 unspecified atom stereocenters. The van der Waals surface area contributed by atoms with E-state index in [0.717, 1.165) is 5.39 Å². The summed E-state index contributed by atoms with van der Waals surface area (Å²) in [5.41, 5.74) is 1.75. The van der Waals surface area contributed by atoms with Crippen molar-refractivity contribution in [3.8, 4) is 0 Å². The fourth-order valence-electron chi connectivity index (χ4n) is 4.59. The molecule has 2 aliphatic rings. The summed E-state index contributed by atoms with van der Waals surface area (Å²) in [4.78, 5) is 38.4. The molecular formula is C24H21N3O5S. The van der Waals surface area contributed by atoms with Crippen LogP contribution in [0.5, 0.6) is 0 Å². The minimum absolute atomic E-state index is 0.0770. The maximum Gasteiger partial charge on any atom is 0.262 e. The van der Waals surface area contributed by atoms with Gasteiger partial charge in [-0.3, -0.25) is 24.4 Å². The number of nitrogens with zero attached hydrogens (tertiary/aromatic N) is 1. The molecule has 2 heterocycles. The number of carbonyl (C=O) groups excluding carboxylic acids is 3. The van der Waals surface area contributed by atoms with Gasteiger partial charge in [0.25, 0.3) is 15.9 Å². The van der Waals surface area contributed by atoms with E-state index in [1.54, 1.807) is 43.3 Å². The van der Waals surface area contributed by atoms with E-state index in [4.69, 9.17) is 0 Å². The molecule has 1 fully saturated rings. The Balaban J connectivity index is 1.51. The van der Waals surface area contributed by atoms with Crippen LogP contribution in [0.3, 0.4) is 0 Å². The lowest BCUT2D eigenvalue weighted by Crippen LogP contribution is -2.52. The highest BCUT2D eigenvalue weighted by molar-refractivity contribution is 7.93. The molecule has 0 bridgehead atoms. The van der Waals surface area contributed by atoms with Crippen LogP contribution in [0.1, 0.15) is 34.3 Å². The first kappa shape index (κ1) is 21.1. The topological polar surface area (TPSA) is 113 Å². The lowest BCUT2D eigenvalue weighted by atomic mass is 10.0. The average molecular weight is 464 g/mol. The molecule has 33 heavy (non-hydrogen) atoms. The smallest absolute Gasteiger partial charge is 0.262 e. The Morgan fingerprint density at radius 3 is 2.58 bits per heavy atom. The number of anilines is 1. The van der Waals surface area contributed by atoms with Crippen LogP contribution in [0.4, 0.5) is 5.69 Å². The van der Waals surface area contributed by atoms with Gasteiger partial charge in [0, 0.05) is 29.5 Å². The van der Waals surface area contributed by atoms with Crippen LogP contribution >= 0.6 is 0 Å². The van der Waals surface area contributed by atoms with Gasteiger partial charge in [-0.2, -0.15) is 0 Å². The SMILES string of the molecule is Cc1ccc2ccccc2c1S(=O)(=O)Nc1cccc2c1CN(C1CCC(=O)NC1=O)C2=O. The van der Waals surface area contributed by atoms with Crippen LogP contribution in [-0.2, 0) is 26.2 Å². The molecule has 9 heteroatoms. The molecule has 8 nitrogen and oxygen atoms in total. The van der Waals surface area contributed by atoms with Crippen molar-refractivity contribution in [1.82, 2.24) is 10.2 Å². The molecule has 3 amide bonds. The number of benzene rings is 3. The maximum absolute atomic E-state index is 13.5. The molecule has 0 aromatic heterocycles. The summed E-state index contributed by atoms with van der Waals surface area (Å²) in [5.74, 6) is -1.23. The van der Waals surface area contributed by atoms with Gasteiger partial charge < -0.3 is 4.90 Å². The Labute approximate surface area is 190 Å². The summed E-state index contributed by atoms with van der Waals surface area (Å²) in [5, 5.41) is 3.68. The van der Waals surface area contributed by atoms with E-state index >= 15 is 0 Å². The largest absolute Gasteiger partial charge is 0.322 e. The second kappa shape index (κ2) is 7.70. The molecule has 0 aliphatic carbocycles. The van der Waals surface area contributed by atoms with Crippen molar-refractivity contribution in [2.24, 2.45) is 0 Å². The number of aryl methyl sites for hydroxylation is 1. The highest BCUT2D eigenvalue weighted by Gasteiger charge is 2.40. The van der Waals surface area contributed by atoms with Gasteiger partial charge in [-0.15, -0.1) is 0 Å². The van der Waals surface area contributed by atoms with E-state index in [0.29, 0.717) is 27.8 Å². The Bertz CT molecular complexity index is 1450. The highest BCUT2D eigenvalue weighted by Crippen LogP contribution is 2.34. The number of carbonyl (C=O) groups is 3. The van der Waals surface area contributed by atoms with Crippen molar-refractivity contribution in [2.45, 2.75) is 37.2 Å². The normalized spacial score (nSPS) is 18.4. The van der Waals surface area contributed by atoms with E-state index in [1.165, 1.54) is 4.90 Å². The van der Waals surface area contributed by atoms with E-state index in [-0.39, 0.29) is 36.1 Å². The highest BCUT2D eigenvalue weighted by atomic mass is 32.2. The number of hydrogen-bond acceptors (Lipinski definition) is 5. The number of piperidine rings is 1. The van der Waals surface area contributed by atoms with Crippen LogP contribution in [0.2, 0.25) is 0 Å². The molecule has 1 atom stereocenters. The first-order valence-electron chi connectivity index (χ1n) is 10.5. The van der Waals surface area contributed by atoms with Gasteiger partial charge in [0.2, 0.25) is 11.8 Å². The van der Waals surface area contributed by atoms with Crippen LogP contribution in [0, 0.1) is 6.92 Å². The van der Waals surface area contributed by atoms with E-state index < -0.39 is 22.0 Å². The lowest BCUT2D eigenvalue weighted by molar-refractivity contribution is -0.136. The second-order valence-corrected chi connectivity index (χ2v) is 9.89. The summed E-state index contributed by atoms with van der Waals surface area (Å²) >= 11 is 0. The molecule has 3 aromatic rings. The number of fused-ring (bicyclic) bond motifs is 2. The van der Waals surface area contributed by atoms with Crippen LogP contribution in [0.15, 0.2) is 59.5 Å². The van der Waals surface area contributed by atoms with Crippen molar-refractivity contribution in [3.63, 3.8) is 0 Å². The van der Waals surface area contributed by atoms with E-state index in [1.807, 2.05) is 18.2 Å². The lowest BCUT2D eigenvalue weighted by Gasteiger charge is -2.29. The molecular weight excluding hydrogens is 442 g/mol. The number of imide groups is 1. The third-order valence-corrected chi connectivity index (χ3v) is 7.74. The Hall–Kier alpha value is -3.72. The molecule has 2 aliphatic heterocycles. The van der Waals surface area contributed by atoms with Gasteiger partial charge in [-0.05, 0) is 36.4 Å². The first-order chi connectivity index (χ1) is 15.8. The summed E-state index contributed by atoms with van der Waals surface area (Å²) in [6, 6.07) is 15.0. The molecule has 5 rings (SSSR count). The molecule has 0 radical (unpaired) electrons. The third kappa shape index (κ3) is 3.54. The zero-order chi connectivity index (χ0) is 23.3. The molecule has 3 aromatic carbocycles. The number of rotatable bonds is 4. The van der Waals surface area contributed by atoms with Crippen molar-refractivity contribution in [2.75, 3.05) is 4.72 Å². The first-order valence-corrected chi connectivity index (χ1v) is 12.0. The van der Waals surface area contributed by atoms with Gasteiger partial charge in [-0.1, -0.05) is 42.5 Å². The minimum atomic E-state index is -3.97. The zero-order valence-corrected chi connectivity index (χ0v) is 18.6. The predicted molar refractivity (Wildman–Crippen MR) is 122 cm³/mol. The summed E-state index contributed by atoms with van der Waals surface area (Å²) < 4.78 is 29.6. The van der Waals surface area contributed by atoms with Crippen molar-refractivity contribution < 1.29 is 22.8 Å². The number of sulfonamides is 1. The quantitative estimate of drug-likeness (QED) is 0.578. The van der Waals surface area contributed by atoms with E-state index in [9.17, 15) is 22.8 Å².